The van der Waals surface area contributed by atoms with Crippen LogP contribution in [0.5, 0.6) is 0 Å². The van der Waals surface area contributed by atoms with E-state index >= 15 is 0 Å². The molecule has 8 nitrogen and oxygen atoms in total. The van der Waals surface area contributed by atoms with E-state index in [1.165, 1.54) is 31.2 Å². The number of nitrogens with zero attached hydrogens (tertiary/aromatic N) is 5. The van der Waals surface area contributed by atoms with Crippen molar-refractivity contribution in [3.8, 4) is 0 Å². The summed E-state index contributed by atoms with van der Waals surface area (Å²) in [4.78, 5) is 17.6. The lowest BCUT2D eigenvalue weighted by atomic mass is 10.0. The van der Waals surface area contributed by atoms with E-state index in [0.29, 0.717) is 12.2 Å². The van der Waals surface area contributed by atoms with Crippen LogP contribution in [0, 0.1) is 0 Å². The molecule has 168 valence electrons. The molecule has 0 aliphatic carbocycles. The molecule has 2 aliphatic heterocycles. The summed E-state index contributed by atoms with van der Waals surface area (Å²) in [5, 5.41) is 11.4. The number of ether oxygens (including phenoxy) is 1. The van der Waals surface area contributed by atoms with Crippen LogP contribution in [0.25, 0.3) is 0 Å². The fourth-order valence-corrected chi connectivity index (χ4v) is 4.40. The maximum Gasteiger partial charge on any atom is 0.273 e. The Balaban J connectivity index is 1.33. The second-order valence-corrected chi connectivity index (χ2v) is 8.41. The molecule has 0 saturated carbocycles. The Kier molecular flexibility index (Phi) is 8.04. The number of morpholine rings is 1. The van der Waals surface area contributed by atoms with Gasteiger partial charge in [-0.25, -0.2) is 0 Å². The van der Waals surface area contributed by atoms with E-state index in [2.05, 4.69) is 49.7 Å². The zero-order valence-electron chi connectivity index (χ0n) is 18.3. The number of amides is 1. The van der Waals surface area contributed by atoms with Crippen LogP contribution in [0.1, 0.15) is 47.8 Å². The van der Waals surface area contributed by atoms with E-state index in [0.717, 1.165) is 52.5 Å². The van der Waals surface area contributed by atoms with Crippen molar-refractivity contribution < 1.29 is 9.53 Å². The van der Waals surface area contributed by atoms with Crippen molar-refractivity contribution in [2.45, 2.75) is 38.3 Å². The van der Waals surface area contributed by atoms with Crippen LogP contribution in [0.3, 0.4) is 0 Å². The molecular weight excluding hydrogens is 392 g/mol. The van der Waals surface area contributed by atoms with Crippen LogP contribution >= 0.6 is 0 Å². The maximum atomic E-state index is 12.8. The first-order valence-corrected chi connectivity index (χ1v) is 11.6. The van der Waals surface area contributed by atoms with Crippen molar-refractivity contribution in [3.63, 3.8) is 0 Å². The summed E-state index contributed by atoms with van der Waals surface area (Å²) in [7, 11) is 0. The van der Waals surface area contributed by atoms with Gasteiger partial charge in [0.2, 0.25) is 0 Å². The van der Waals surface area contributed by atoms with Gasteiger partial charge in [-0.1, -0.05) is 48.4 Å². The predicted molar refractivity (Wildman–Crippen MR) is 119 cm³/mol. The minimum absolute atomic E-state index is 0.159. The first-order valence-electron chi connectivity index (χ1n) is 11.6. The van der Waals surface area contributed by atoms with Crippen molar-refractivity contribution in [3.05, 3.63) is 47.8 Å². The Morgan fingerprint density at radius 1 is 1.00 bits per heavy atom. The van der Waals surface area contributed by atoms with E-state index in [4.69, 9.17) is 4.74 Å². The van der Waals surface area contributed by atoms with Gasteiger partial charge in [-0.3, -0.25) is 19.3 Å². The Hall–Kier alpha value is -2.29. The molecule has 2 saturated heterocycles. The molecule has 3 heterocycles. The van der Waals surface area contributed by atoms with Gasteiger partial charge in [-0.2, -0.15) is 0 Å². The molecule has 1 unspecified atom stereocenters. The smallest absolute Gasteiger partial charge is 0.273 e. The van der Waals surface area contributed by atoms with Gasteiger partial charge in [-0.05, 0) is 31.5 Å². The summed E-state index contributed by atoms with van der Waals surface area (Å²) in [5.74, 6) is -0.159. The normalized spacial score (nSPS) is 19.6. The second kappa shape index (κ2) is 11.4. The predicted octanol–water partition coefficient (Wildman–Crippen LogP) is 1.96. The van der Waals surface area contributed by atoms with Crippen LogP contribution in [-0.2, 0) is 11.3 Å². The Morgan fingerprint density at radius 2 is 1.74 bits per heavy atom. The second-order valence-electron chi connectivity index (χ2n) is 8.41. The molecule has 1 aromatic heterocycles. The third-order valence-corrected chi connectivity index (χ3v) is 6.24. The SMILES string of the molecule is O=C(NCC(c1ccccc1)N1CCCCCC1)c1cn(CCN2CCOCC2)nn1. The molecule has 0 radical (unpaired) electrons. The third-order valence-electron chi connectivity index (χ3n) is 6.24. The fraction of sp³-hybridized carbons (Fsp3) is 0.609. The number of carbonyl (C=O) groups is 1. The summed E-state index contributed by atoms with van der Waals surface area (Å²) in [6.45, 7) is 7.79. The van der Waals surface area contributed by atoms with Gasteiger partial charge >= 0.3 is 0 Å². The Bertz CT molecular complexity index is 797. The van der Waals surface area contributed by atoms with Gasteiger partial charge in [0.05, 0.1) is 32.0 Å². The van der Waals surface area contributed by atoms with Gasteiger partial charge in [0, 0.05) is 26.2 Å². The summed E-state index contributed by atoms with van der Waals surface area (Å²) in [5.41, 5.74) is 1.63. The lowest BCUT2D eigenvalue weighted by molar-refractivity contribution is 0.0359. The fourth-order valence-electron chi connectivity index (χ4n) is 4.40. The van der Waals surface area contributed by atoms with E-state index < -0.39 is 0 Å². The van der Waals surface area contributed by atoms with Gasteiger partial charge in [0.1, 0.15) is 0 Å². The molecule has 2 fully saturated rings. The Morgan fingerprint density at radius 3 is 2.48 bits per heavy atom. The number of hydrogen-bond acceptors (Lipinski definition) is 6. The molecule has 1 atom stereocenters. The highest BCUT2D eigenvalue weighted by molar-refractivity contribution is 5.91. The molecular formula is C23H34N6O2. The molecule has 31 heavy (non-hydrogen) atoms. The number of likely N-dealkylation sites (tertiary alicyclic amines) is 1. The average Bonchev–Trinajstić information content (AvgIpc) is 3.14. The van der Waals surface area contributed by atoms with Crippen molar-refractivity contribution >= 4 is 5.91 Å². The lowest BCUT2D eigenvalue weighted by Gasteiger charge is -2.31. The quantitative estimate of drug-likeness (QED) is 0.696. The monoisotopic (exact) mass is 426 g/mol. The molecule has 0 spiro atoms. The molecule has 1 aromatic carbocycles. The summed E-state index contributed by atoms with van der Waals surface area (Å²) in [6, 6.07) is 10.7. The molecule has 0 bridgehead atoms. The number of aromatic nitrogens is 3. The summed E-state index contributed by atoms with van der Waals surface area (Å²) in [6.07, 6.45) is 6.76. The van der Waals surface area contributed by atoms with E-state index in [9.17, 15) is 4.79 Å². The van der Waals surface area contributed by atoms with Crippen molar-refractivity contribution in [2.75, 3.05) is 52.5 Å². The van der Waals surface area contributed by atoms with Crippen LogP contribution in [0.4, 0.5) is 0 Å². The maximum absolute atomic E-state index is 12.8. The van der Waals surface area contributed by atoms with Gasteiger partial charge in [0.25, 0.3) is 5.91 Å². The summed E-state index contributed by atoms with van der Waals surface area (Å²) < 4.78 is 7.14. The number of carbonyl (C=O) groups excluding carboxylic acids is 1. The zero-order chi connectivity index (χ0) is 21.3. The molecule has 1 amide bonds. The Labute approximate surface area is 184 Å². The third kappa shape index (κ3) is 6.35. The number of hydrogen-bond donors (Lipinski definition) is 1. The van der Waals surface area contributed by atoms with E-state index in [1.54, 1.807) is 10.9 Å². The topological polar surface area (TPSA) is 75.5 Å². The van der Waals surface area contributed by atoms with Gasteiger partial charge < -0.3 is 10.1 Å². The van der Waals surface area contributed by atoms with Crippen LogP contribution in [-0.4, -0.2) is 83.2 Å². The van der Waals surface area contributed by atoms with Crippen molar-refractivity contribution in [2.24, 2.45) is 0 Å². The highest BCUT2D eigenvalue weighted by Gasteiger charge is 2.23. The first kappa shape index (κ1) is 21.9. The number of rotatable bonds is 8. The standard InChI is InChI=1S/C23H34N6O2/c30-23(21-19-29(26-25-21)13-12-27-14-16-31-17-15-27)24-18-22(20-8-4-3-5-9-20)28-10-6-1-2-7-11-28/h3-5,8-9,19,22H,1-2,6-7,10-18H2,(H,24,30). The van der Waals surface area contributed by atoms with Gasteiger partial charge in [-0.15, -0.1) is 5.10 Å². The summed E-state index contributed by atoms with van der Waals surface area (Å²) >= 11 is 0. The van der Waals surface area contributed by atoms with Crippen LogP contribution in [0.2, 0.25) is 0 Å². The minimum Gasteiger partial charge on any atom is -0.379 e. The van der Waals surface area contributed by atoms with Crippen LogP contribution in [0.15, 0.2) is 36.5 Å². The molecule has 2 aliphatic rings. The minimum atomic E-state index is -0.159. The zero-order valence-corrected chi connectivity index (χ0v) is 18.3. The van der Waals surface area contributed by atoms with Crippen molar-refractivity contribution in [1.82, 2.24) is 30.1 Å². The molecule has 1 N–H and O–H groups in total. The number of benzene rings is 1. The highest BCUT2D eigenvalue weighted by Crippen LogP contribution is 2.23. The van der Waals surface area contributed by atoms with E-state index in [-0.39, 0.29) is 11.9 Å². The molecule has 4 rings (SSSR count). The highest BCUT2D eigenvalue weighted by atomic mass is 16.5. The largest absolute Gasteiger partial charge is 0.379 e. The van der Waals surface area contributed by atoms with Gasteiger partial charge in [0.15, 0.2) is 5.69 Å². The lowest BCUT2D eigenvalue weighted by Crippen LogP contribution is -2.38. The van der Waals surface area contributed by atoms with E-state index in [1.807, 2.05) is 6.07 Å². The molecule has 8 heteroatoms. The average molecular weight is 427 g/mol. The van der Waals surface area contributed by atoms with Crippen LogP contribution < -0.4 is 5.32 Å². The number of nitrogens with one attached hydrogen (secondary N) is 1. The molecule has 2 aromatic rings. The van der Waals surface area contributed by atoms with Crippen molar-refractivity contribution in [1.29, 1.82) is 0 Å². The first-order chi connectivity index (χ1) is 15.3.